The van der Waals surface area contributed by atoms with Crippen molar-refractivity contribution in [2.24, 2.45) is 0 Å². The quantitative estimate of drug-likeness (QED) is 0.929. The summed E-state index contributed by atoms with van der Waals surface area (Å²) in [5.74, 6) is 0.231. The number of carboxylic acid groups (broad SMARTS) is 1. The Bertz CT molecular complexity index is 529. The van der Waals surface area contributed by atoms with Crippen molar-refractivity contribution in [2.75, 3.05) is 13.7 Å². The first-order valence-corrected chi connectivity index (χ1v) is 7.83. The summed E-state index contributed by atoms with van der Waals surface area (Å²) in [6.07, 6.45) is 5.97. The van der Waals surface area contributed by atoms with Gasteiger partial charge in [-0.3, -0.25) is 9.69 Å². The number of piperidine rings is 1. The van der Waals surface area contributed by atoms with E-state index in [4.69, 9.17) is 4.74 Å². The average molecular weight is 289 g/mol. The summed E-state index contributed by atoms with van der Waals surface area (Å²) in [7, 11) is 1.69. The highest BCUT2D eigenvalue weighted by atomic mass is 16.5. The van der Waals surface area contributed by atoms with Crippen LogP contribution in [0.3, 0.4) is 0 Å². The van der Waals surface area contributed by atoms with Gasteiger partial charge in [-0.05, 0) is 61.9 Å². The van der Waals surface area contributed by atoms with E-state index in [9.17, 15) is 9.90 Å². The molecule has 3 rings (SSSR count). The molecule has 114 valence electrons. The number of rotatable bonds is 3. The largest absolute Gasteiger partial charge is 0.497 e. The number of methoxy groups -OCH3 is 1. The highest BCUT2D eigenvalue weighted by Crippen LogP contribution is 2.31. The monoisotopic (exact) mass is 289 g/mol. The second-order valence-electron chi connectivity index (χ2n) is 6.12. The van der Waals surface area contributed by atoms with Gasteiger partial charge in [0, 0.05) is 6.04 Å². The standard InChI is InChI=1S/C17H23NO3/c1-21-15-8-6-12-5-7-14(10-13(12)11-15)18-9-3-2-4-16(18)17(19)20/h6,8,11,14,16H,2-5,7,9-10H2,1H3,(H,19,20). The molecule has 0 amide bonds. The summed E-state index contributed by atoms with van der Waals surface area (Å²) in [4.78, 5) is 13.7. The van der Waals surface area contributed by atoms with Crippen LogP contribution >= 0.6 is 0 Å². The summed E-state index contributed by atoms with van der Waals surface area (Å²) < 4.78 is 5.31. The normalized spacial score (nSPS) is 26.1. The lowest BCUT2D eigenvalue weighted by Crippen LogP contribution is -2.51. The maximum atomic E-state index is 11.5. The lowest BCUT2D eigenvalue weighted by Gasteiger charge is -2.41. The van der Waals surface area contributed by atoms with Crippen LogP contribution in [0.2, 0.25) is 0 Å². The lowest BCUT2D eigenvalue weighted by atomic mass is 9.85. The van der Waals surface area contributed by atoms with E-state index in [0.717, 1.165) is 50.8 Å². The number of carbonyl (C=O) groups is 1. The van der Waals surface area contributed by atoms with E-state index in [-0.39, 0.29) is 6.04 Å². The fraction of sp³-hybridized carbons (Fsp3) is 0.588. The van der Waals surface area contributed by atoms with Crippen molar-refractivity contribution in [3.8, 4) is 5.75 Å². The summed E-state index contributed by atoms with van der Waals surface area (Å²) in [6.45, 7) is 0.918. The predicted octanol–water partition coefficient (Wildman–Crippen LogP) is 2.49. The minimum atomic E-state index is -0.661. The first-order valence-electron chi connectivity index (χ1n) is 7.83. The molecular formula is C17H23NO3. The zero-order chi connectivity index (χ0) is 14.8. The van der Waals surface area contributed by atoms with E-state index < -0.39 is 5.97 Å². The van der Waals surface area contributed by atoms with Crippen molar-refractivity contribution in [1.29, 1.82) is 0 Å². The third-order valence-corrected chi connectivity index (χ3v) is 4.91. The molecule has 2 atom stereocenters. The number of ether oxygens (including phenoxy) is 1. The average Bonchev–Trinajstić information content (AvgIpc) is 2.53. The van der Waals surface area contributed by atoms with Gasteiger partial charge >= 0.3 is 5.97 Å². The van der Waals surface area contributed by atoms with Crippen LogP contribution in [-0.4, -0.2) is 41.7 Å². The number of benzene rings is 1. The van der Waals surface area contributed by atoms with Crippen LogP contribution in [0, 0.1) is 0 Å². The van der Waals surface area contributed by atoms with Crippen LogP contribution in [0.4, 0.5) is 0 Å². The molecule has 0 spiro atoms. The number of likely N-dealkylation sites (tertiary alicyclic amines) is 1. The minimum absolute atomic E-state index is 0.295. The van der Waals surface area contributed by atoms with Crippen molar-refractivity contribution in [1.82, 2.24) is 4.90 Å². The van der Waals surface area contributed by atoms with Gasteiger partial charge < -0.3 is 9.84 Å². The molecule has 1 N–H and O–H groups in total. The molecule has 1 aliphatic carbocycles. The lowest BCUT2D eigenvalue weighted by molar-refractivity contribution is -0.146. The summed E-state index contributed by atoms with van der Waals surface area (Å²) in [5, 5.41) is 9.46. The molecule has 1 aromatic carbocycles. The SMILES string of the molecule is COc1ccc2c(c1)CC(N1CCCCC1C(=O)O)CC2. The smallest absolute Gasteiger partial charge is 0.320 e. The first kappa shape index (κ1) is 14.4. The number of aryl methyl sites for hydroxylation is 1. The highest BCUT2D eigenvalue weighted by Gasteiger charge is 2.34. The molecule has 0 saturated carbocycles. The molecule has 1 fully saturated rings. The van der Waals surface area contributed by atoms with Crippen LogP contribution in [0.1, 0.15) is 36.8 Å². The Morgan fingerprint density at radius 1 is 1.29 bits per heavy atom. The molecule has 1 aromatic rings. The van der Waals surface area contributed by atoms with Crippen molar-refractivity contribution in [2.45, 2.75) is 50.6 Å². The Morgan fingerprint density at radius 3 is 2.90 bits per heavy atom. The Morgan fingerprint density at radius 2 is 2.14 bits per heavy atom. The van der Waals surface area contributed by atoms with Gasteiger partial charge in [0.15, 0.2) is 0 Å². The van der Waals surface area contributed by atoms with E-state index in [0.29, 0.717) is 6.04 Å². The summed E-state index contributed by atoms with van der Waals surface area (Å²) in [6, 6.07) is 6.33. The topological polar surface area (TPSA) is 49.8 Å². The maximum Gasteiger partial charge on any atom is 0.320 e. The number of carboxylic acids is 1. The van der Waals surface area contributed by atoms with Gasteiger partial charge in [0.25, 0.3) is 0 Å². The Balaban J connectivity index is 1.79. The van der Waals surface area contributed by atoms with Crippen molar-refractivity contribution >= 4 is 5.97 Å². The third kappa shape index (κ3) is 2.91. The number of hydrogen-bond donors (Lipinski definition) is 1. The molecule has 0 aromatic heterocycles. The third-order valence-electron chi connectivity index (χ3n) is 4.91. The molecule has 4 nitrogen and oxygen atoms in total. The van der Waals surface area contributed by atoms with Crippen LogP contribution in [0.5, 0.6) is 5.75 Å². The van der Waals surface area contributed by atoms with Crippen LogP contribution in [0.15, 0.2) is 18.2 Å². The molecule has 1 aliphatic heterocycles. The molecule has 0 radical (unpaired) electrons. The van der Waals surface area contributed by atoms with E-state index in [1.807, 2.05) is 6.07 Å². The highest BCUT2D eigenvalue weighted by molar-refractivity contribution is 5.73. The van der Waals surface area contributed by atoms with E-state index in [1.165, 1.54) is 11.1 Å². The van der Waals surface area contributed by atoms with Crippen LogP contribution < -0.4 is 4.74 Å². The second kappa shape index (κ2) is 6.06. The zero-order valence-electron chi connectivity index (χ0n) is 12.5. The Labute approximate surface area is 125 Å². The summed E-state index contributed by atoms with van der Waals surface area (Å²) in [5.41, 5.74) is 2.70. The molecule has 21 heavy (non-hydrogen) atoms. The maximum absolute atomic E-state index is 11.5. The van der Waals surface area contributed by atoms with Crippen molar-refractivity contribution < 1.29 is 14.6 Å². The molecule has 2 unspecified atom stereocenters. The first-order chi connectivity index (χ1) is 10.2. The van der Waals surface area contributed by atoms with Crippen molar-refractivity contribution in [3.05, 3.63) is 29.3 Å². The van der Waals surface area contributed by atoms with E-state index in [2.05, 4.69) is 17.0 Å². The van der Waals surface area contributed by atoms with Crippen LogP contribution in [-0.2, 0) is 17.6 Å². The van der Waals surface area contributed by atoms with Gasteiger partial charge in [0.05, 0.1) is 7.11 Å². The number of fused-ring (bicyclic) bond motifs is 1. The fourth-order valence-corrected chi connectivity index (χ4v) is 3.78. The van der Waals surface area contributed by atoms with Gasteiger partial charge in [-0.2, -0.15) is 0 Å². The molecule has 0 bridgehead atoms. The van der Waals surface area contributed by atoms with E-state index >= 15 is 0 Å². The number of nitrogens with zero attached hydrogens (tertiary/aromatic N) is 1. The van der Waals surface area contributed by atoms with Crippen LogP contribution in [0.25, 0.3) is 0 Å². The summed E-state index contributed by atoms with van der Waals surface area (Å²) >= 11 is 0. The predicted molar refractivity (Wildman–Crippen MR) is 80.8 cm³/mol. The second-order valence-corrected chi connectivity index (χ2v) is 6.12. The fourth-order valence-electron chi connectivity index (χ4n) is 3.78. The Kier molecular flexibility index (Phi) is 4.15. The molecular weight excluding hydrogens is 266 g/mol. The van der Waals surface area contributed by atoms with Crippen molar-refractivity contribution in [3.63, 3.8) is 0 Å². The molecule has 1 heterocycles. The number of hydrogen-bond acceptors (Lipinski definition) is 3. The van der Waals surface area contributed by atoms with Gasteiger partial charge in [-0.1, -0.05) is 12.5 Å². The minimum Gasteiger partial charge on any atom is -0.497 e. The molecule has 4 heteroatoms. The van der Waals surface area contributed by atoms with Gasteiger partial charge in [-0.25, -0.2) is 0 Å². The van der Waals surface area contributed by atoms with Gasteiger partial charge in [0.2, 0.25) is 0 Å². The molecule has 2 aliphatic rings. The number of aliphatic carboxylic acids is 1. The van der Waals surface area contributed by atoms with E-state index in [1.54, 1.807) is 7.11 Å². The van der Waals surface area contributed by atoms with Gasteiger partial charge in [0.1, 0.15) is 11.8 Å². The molecule has 1 saturated heterocycles. The van der Waals surface area contributed by atoms with Gasteiger partial charge in [-0.15, -0.1) is 0 Å². The zero-order valence-corrected chi connectivity index (χ0v) is 12.5. The Hall–Kier alpha value is -1.55.